The van der Waals surface area contributed by atoms with Gasteiger partial charge in [0.2, 0.25) is 0 Å². The third-order valence-electron chi connectivity index (χ3n) is 6.38. The van der Waals surface area contributed by atoms with Crippen LogP contribution in [-0.4, -0.2) is 31.4 Å². The first-order valence-electron chi connectivity index (χ1n) is 11.6. The van der Waals surface area contributed by atoms with Crippen LogP contribution in [0, 0.1) is 0 Å². The summed E-state index contributed by atoms with van der Waals surface area (Å²) in [5, 5.41) is 0. The second kappa shape index (κ2) is 9.62. The molecule has 0 N–H and O–H groups in total. The van der Waals surface area contributed by atoms with Crippen LogP contribution >= 0.6 is 15.9 Å². The van der Waals surface area contributed by atoms with E-state index in [1.54, 1.807) is 14.2 Å². The Morgan fingerprint density at radius 3 is 2.31 bits per heavy atom. The molecule has 1 aromatic heterocycles. The molecule has 178 valence electrons. The van der Waals surface area contributed by atoms with Gasteiger partial charge in [-0.1, -0.05) is 58.4 Å². The van der Waals surface area contributed by atoms with Crippen molar-refractivity contribution < 1.29 is 19.0 Å². The molecule has 5 rings (SSSR count). The minimum atomic E-state index is -0.324. The number of nitrogens with zero attached hydrogens (tertiary/aromatic N) is 1. The van der Waals surface area contributed by atoms with Gasteiger partial charge in [0.25, 0.3) is 0 Å². The Morgan fingerprint density at radius 1 is 0.914 bits per heavy atom. The van der Waals surface area contributed by atoms with Gasteiger partial charge < -0.3 is 18.8 Å². The van der Waals surface area contributed by atoms with E-state index in [1.807, 2.05) is 61.5 Å². The lowest BCUT2D eigenvalue weighted by atomic mass is 9.90. The third kappa shape index (κ3) is 4.02. The maximum Gasteiger partial charge on any atom is 0.355 e. The standard InChI is InChI=1S/C29H26BrNO4/c1-4-35-29(32)28-26(20-11-8-12-21(30)15-20)25(18-9-6-5-7-10-18)27-22-17-24(34-3)23(33-2)16-19(22)13-14-31(27)28/h5-12,15-17H,4,13-14H2,1-3H3. The summed E-state index contributed by atoms with van der Waals surface area (Å²) in [6, 6.07) is 22.3. The Hall–Kier alpha value is -3.51. The van der Waals surface area contributed by atoms with E-state index in [2.05, 4.69) is 32.6 Å². The van der Waals surface area contributed by atoms with Crippen LogP contribution in [0.25, 0.3) is 33.5 Å². The molecule has 4 aromatic rings. The molecule has 0 unspecified atom stereocenters. The number of esters is 1. The van der Waals surface area contributed by atoms with Gasteiger partial charge >= 0.3 is 5.97 Å². The van der Waals surface area contributed by atoms with Crippen molar-refractivity contribution in [1.29, 1.82) is 0 Å². The summed E-state index contributed by atoms with van der Waals surface area (Å²) < 4.78 is 19.9. The number of carbonyl (C=O) groups excluding carboxylic acids is 1. The molecule has 2 heterocycles. The van der Waals surface area contributed by atoms with Crippen molar-refractivity contribution in [2.45, 2.75) is 19.9 Å². The number of methoxy groups -OCH3 is 2. The smallest absolute Gasteiger partial charge is 0.355 e. The number of fused-ring (bicyclic) bond motifs is 3. The van der Waals surface area contributed by atoms with Gasteiger partial charge in [0.1, 0.15) is 5.69 Å². The average molecular weight is 532 g/mol. The van der Waals surface area contributed by atoms with Crippen LogP contribution in [-0.2, 0) is 17.7 Å². The third-order valence-corrected chi connectivity index (χ3v) is 6.87. The lowest BCUT2D eigenvalue weighted by Crippen LogP contribution is -2.18. The highest BCUT2D eigenvalue weighted by atomic mass is 79.9. The molecule has 0 aliphatic carbocycles. The zero-order valence-corrected chi connectivity index (χ0v) is 21.5. The summed E-state index contributed by atoms with van der Waals surface area (Å²) in [5.74, 6) is 1.03. The minimum absolute atomic E-state index is 0.305. The van der Waals surface area contributed by atoms with Crippen molar-refractivity contribution in [1.82, 2.24) is 4.57 Å². The lowest BCUT2D eigenvalue weighted by molar-refractivity contribution is 0.0515. The SMILES string of the molecule is CCOC(=O)c1c(-c2cccc(Br)c2)c(-c2ccccc2)c2n1CCc1cc(OC)c(OC)cc1-2. The first-order valence-corrected chi connectivity index (χ1v) is 12.4. The van der Waals surface area contributed by atoms with Crippen molar-refractivity contribution in [3.05, 3.63) is 82.5 Å². The minimum Gasteiger partial charge on any atom is -0.493 e. The zero-order chi connectivity index (χ0) is 24.5. The number of rotatable bonds is 6. The molecule has 5 nitrogen and oxygen atoms in total. The highest BCUT2D eigenvalue weighted by Gasteiger charge is 2.33. The van der Waals surface area contributed by atoms with Gasteiger partial charge in [0.15, 0.2) is 11.5 Å². The molecule has 0 spiro atoms. The van der Waals surface area contributed by atoms with Gasteiger partial charge in [0, 0.05) is 27.7 Å². The Bertz CT molecular complexity index is 1410. The van der Waals surface area contributed by atoms with Crippen LogP contribution in [0.4, 0.5) is 0 Å². The molecule has 6 heteroatoms. The summed E-state index contributed by atoms with van der Waals surface area (Å²) in [4.78, 5) is 13.5. The van der Waals surface area contributed by atoms with Gasteiger partial charge in [-0.15, -0.1) is 0 Å². The van der Waals surface area contributed by atoms with E-state index in [4.69, 9.17) is 14.2 Å². The number of hydrogen-bond acceptors (Lipinski definition) is 4. The van der Waals surface area contributed by atoms with Crippen LogP contribution in [0.15, 0.2) is 71.2 Å². The zero-order valence-electron chi connectivity index (χ0n) is 19.9. The van der Waals surface area contributed by atoms with E-state index in [0.717, 1.165) is 50.0 Å². The molecule has 0 saturated heterocycles. The first kappa shape index (κ1) is 23.2. The number of benzene rings is 3. The van der Waals surface area contributed by atoms with Gasteiger partial charge in [-0.25, -0.2) is 4.79 Å². The van der Waals surface area contributed by atoms with Crippen LogP contribution in [0.1, 0.15) is 23.0 Å². The number of ether oxygens (including phenoxy) is 3. The normalized spacial score (nSPS) is 12.0. The Balaban J connectivity index is 1.92. The van der Waals surface area contributed by atoms with Gasteiger partial charge in [0.05, 0.1) is 26.5 Å². The Labute approximate surface area is 213 Å². The second-order valence-electron chi connectivity index (χ2n) is 8.31. The Morgan fingerprint density at radius 2 is 1.63 bits per heavy atom. The first-order chi connectivity index (χ1) is 17.1. The summed E-state index contributed by atoms with van der Waals surface area (Å²) in [6.07, 6.45) is 0.760. The highest BCUT2D eigenvalue weighted by molar-refractivity contribution is 9.10. The molecular formula is C29H26BrNO4. The molecule has 1 aliphatic rings. The number of aryl methyl sites for hydroxylation is 1. The average Bonchev–Trinajstić information content (AvgIpc) is 3.24. The summed E-state index contributed by atoms with van der Waals surface area (Å²) in [6.45, 7) is 2.79. The van der Waals surface area contributed by atoms with E-state index >= 15 is 0 Å². The molecule has 0 amide bonds. The highest BCUT2D eigenvalue weighted by Crippen LogP contribution is 2.49. The van der Waals surface area contributed by atoms with Crippen molar-refractivity contribution in [3.8, 4) is 45.0 Å². The number of halogens is 1. The van der Waals surface area contributed by atoms with Crippen molar-refractivity contribution >= 4 is 21.9 Å². The lowest BCUT2D eigenvalue weighted by Gasteiger charge is -2.24. The predicted molar refractivity (Wildman–Crippen MR) is 141 cm³/mol. The van der Waals surface area contributed by atoms with Crippen molar-refractivity contribution in [2.24, 2.45) is 0 Å². The molecule has 0 bridgehead atoms. The molecule has 0 atom stereocenters. The van der Waals surface area contributed by atoms with Gasteiger partial charge in [-0.05, 0) is 54.3 Å². The van der Waals surface area contributed by atoms with E-state index in [0.29, 0.717) is 30.3 Å². The van der Waals surface area contributed by atoms with Crippen LogP contribution in [0.3, 0.4) is 0 Å². The van der Waals surface area contributed by atoms with Crippen LogP contribution < -0.4 is 9.47 Å². The maximum absolute atomic E-state index is 13.5. The topological polar surface area (TPSA) is 49.7 Å². The fourth-order valence-electron chi connectivity index (χ4n) is 4.93. The number of hydrogen-bond donors (Lipinski definition) is 0. The predicted octanol–water partition coefficient (Wildman–Crippen LogP) is 7.00. The quantitative estimate of drug-likeness (QED) is 0.251. The van der Waals surface area contributed by atoms with E-state index in [9.17, 15) is 4.79 Å². The van der Waals surface area contributed by atoms with Gasteiger partial charge in [-0.3, -0.25) is 0 Å². The van der Waals surface area contributed by atoms with Crippen LogP contribution in [0.2, 0.25) is 0 Å². The fourth-order valence-corrected chi connectivity index (χ4v) is 5.32. The largest absolute Gasteiger partial charge is 0.493 e. The second-order valence-corrected chi connectivity index (χ2v) is 9.23. The molecule has 0 fully saturated rings. The number of carbonyl (C=O) groups is 1. The van der Waals surface area contributed by atoms with E-state index < -0.39 is 0 Å². The molecule has 0 radical (unpaired) electrons. The molecule has 1 aliphatic heterocycles. The summed E-state index contributed by atoms with van der Waals surface area (Å²) in [7, 11) is 3.29. The summed E-state index contributed by atoms with van der Waals surface area (Å²) in [5.41, 5.74) is 7.58. The Kier molecular flexibility index (Phi) is 6.39. The summed E-state index contributed by atoms with van der Waals surface area (Å²) >= 11 is 3.61. The maximum atomic E-state index is 13.5. The van der Waals surface area contributed by atoms with Crippen LogP contribution in [0.5, 0.6) is 11.5 Å². The molecule has 3 aromatic carbocycles. The van der Waals surface area contributed by atoms with E-state index in [-0.39, 0.29) is 5.97 Å². The monoisotopic (exact) mass is 531 g/mol. The number of aromatic nitrogens is 1. The molecule has 0 saturated carbocycles. The van der Waals surface area contributed by atoms with Crippen molar-refractivity contribution in [3.63, 3.8) is 0 Å². The van der Waals surface area contributed by atoms with Crippen molar-refractivity contribution in [2.75, 3.05) is 20.8 Å². The molecule has 35 heavy (non-hydrogen) atoms. The van der Waals surface area contributed by atoms with Gasteiger partial charge in [-0.2, -0.15) is 0 Å². The van der Waals surface area contributed by atoms with E-state index in [1.165, 1.54) is 0 Å². The molecular weight excluding hydrogens is 506 g/mol. The fraction of sp³-hybridized carbons (Fsp3) is 0.207.